The van der Waals surface area contributed by atoms with Crippen molar-refractivity contribution in [3.8, 4) is 0 Å². The van der Waals surface area contributed by atoms with Crippen LogP contribution in [-0.2, 0) is 19.1 Å². The lowest BCUT2D eigenvalue weighted by molar-refractivity contribution is -0.137. The predicted octanol–water partition coefficient (Wildman–Crippen LogP) is 4.53. The topological polar surface area (TPSA) is 81.7 Å². The average Bonchev–Trinajstić information content (AvgIpc) is 2.70. The van der Waals surface area contributed by atoms with Crippen LogP contribution >= 0.6 is 0 Å². The summed E-state index contributed by atoms with van der Waals surface area (Å²) in [7, 11) is 0. The van der Waals surface area contributed by atoms with E-state index >= 15 is 0 Å². The van der Waals surface area contributed by atoms with Crippen molar-refractivity contribution in [3.05, 3.63) is 53.4 Å². The van der Waals surface area contributed by atoms with E-state index < -0.39 is 5.97 Å². The number of esters is 2. The van der Waals surface area contributed by atoms with Crippen molar-refractivity contribution in [1.82, 2.24) is 0 Å². The molecule has 0 atom stereocenters. The van der Waals surface area contributed by atoms with Crippen molar-refractivity contribution in [2.45, 2.75) is 52.4 Å². The fraction of sp³-hybridized carbons (Fsp3) is 0.409. The number of anilines is 1. The summed E-state index contributed by atoms with van der Waals surface area (Å²) in [6, 6.07) is 6.63. The van der Waals surface area contributed by atoms with Gasteiger partial charge in [-0.15, -0.1) is 0 Å². The average molecular weight is 385 g/mol. The number of ketones is 1. The zero-order chi connectivity index (χ0) is 20.4. The van der Waals surface area contributed by atoms with Gasteiger partial charge in [-0.1, -0.05) is 39.5 Å². The van der Waals surface area contributed by atoms with Gasteiger partial charge in [0, 0.05) is 24.4 Å². The Bertz CT molecular complexity index is 762. The Morgan fingerprint density at radius 3 is 2.43 bits per heavy atom. The highest BCUT2D eigenvalue weighted by atomic mass is 16.5. The Labute approximate surface area is 165 Å². The van der Waals surface area contributed by atoms with Crippen molar-refractivity contribution < 1.29 is 23.9 Å². The van der Waals surface area contributed by atoms with Crippen molar-refractivity contribution >= 4 is 23.4 Å². The molecule has 0 radical (unpaired) electrons. The van der Waals surface area contributed by atoms with Crippen LogP contribution in [0.4, 0.5) is 5.69 Å². The Morgan fingerprint density at radius 1 is 1.07 bits per heavy atom. The zero-order valence-corrected chi connectivity index (χ0v) is 16.5. The summed E-state index contributed by atoms with van der Waals surface area (Å²) in [5.74, 6) is -1.06. The summed E-state index contributed by atoms with van der Waals surface area (Å²) in [5.41, 5.74) is 1.02. The fourth-order valence-electron chi connectivity index (χ4n) is 2.64. The molecular weight excluding hydrogens is 358 g/mol. The maximum absolute atomic E-state index is 12.0. The second-order valence-corrected chi connectivity index (χ2v) is 6.55. The number of hydrogen-bond acceptors (Lipinski definition) is 6. The second-order valence-electron chi connectivity index (χ2n) is 6.55. The maximum atomic E-state index is 12.0. The minimum atomic E-state index is -0.670. The van der Waals surface area contributed by atoms with Crippen LogP contribution < -0.4 is 5.32 Å². The molecule has 1 aliphatic heterocycles. The van der Waals surface area contributed by atoms with Crippen LogP contribution in [0.5, 0.6) is 0 Å². The number of benzene rings is 1. The van der Waals surface area contributed by atoms with E-state index in [0.717, 1.165) is 19.3 Å². The Hall–Kier alpha value is -2.89. The highest BCUT2D eigenvalue weighted by Gasteiger charge is 2.25. The lowest BCUT2D eigenvalue weighted by atomic mass is 10.1. The van der Waals surface area contributed by atoms with Crippen LogP contribution in [0.25, 0.3) is 0 Å². The first-order valence-corrected chi connectivity index (χ1v) is 9.76. The molecular formula is C22H27NO5. The summed E-state index contributed by atoms with van der Waals surface area (Å²) in [6.45, 7) is 4.39. The fourth-order valence-corrected chi connectivity index (χ4v) is 2.64. The van der Waals surface area contributed by atoms with E-state index in [2.05, 4.69) is 12.2 Å². The van der Waals surface area contributed by atoms with Gasteiger partial charge in [0.25, 0.3) is 0 Å². The molecule has 1 aromatic rings. The van der Waals surface area contributed by atoms with Gasteiger partial charge in [0.2, 0.25) is 0 Å². The third-order valence-electron chi connectivity index (χ3n) is 4.33. The molecule has 0 saturated carbocycles. The van der Waals surface area contributed by atoms with Crippen LogP contribution in [0.15, 0.2) is 47.9 Å². The Balaban J connectivity index is 1.85. The molecule has 1 heterocycles. The minimum Gasteiger partial charge on any atom is -0.462 e. The SMILES string of the molecule is CCCCCCCOC(=O)c1ccc(NC=C2C(=O)C=C(CC)OC2=O)cc1. The minimum absolute atomic E-state index is 0.0660. The highest BCUT2D eigenvalue weighted by molar-refractivity contribution is 6.23. The third kappa shape index (κ3) is 6.37. The molecule has 1 N–H and O–H groups in total. The van der Waals surface area contributed by atoms with Crippen LogP contribution in [0.1, 0.15) is 62.7 Å². The number of ether oxygens (including phenoxy) is 2. The summed E-state index contributed by atoms with van der Waals surface area (Å²) >= 11 is 0. The van der Waals surface area contributed by atoms with Gasteiger partial charge in [0.1, 0.15) is 11.3 Å². The highest BCUT2D eigenvalue weighted by Crippen LogP contribution is 2.18. The molecule has 0 unspecified atom stereocenters. The summed E-state index contributed by atoms with van der Waals surface area (Å²) in [4.78, 5) is 35.9. The third-order valence-corrected chi connectivity index (χ3v) is 4.33. The normalized spacial score (nSPS) is 15.2. The molecule has 1 aliphatic rings. The number of rotatable bonds is 10. The van der Waals surface area contributed by atoms with Gasteiger partial charge < -0.3 is 14.8 Å². The van der Waals surface area contributed by atoms with Crippen LogP contribution in [0, 0.1) is 0 Å². The molecule has 28 heavy (non-hydrogen) atoms. The monoisotopic (exact) mass is 385 g/mol. The molecule has 0 aliphatic carbocycles. The van der Waals surface area contributed by atoms with Crippen molar-refractivity contribution in [2.24, 2.45) is 0 Å². The maximum Gasteiger partial charge on any atom is 0.348 e. The smallest absolute Gasteiger partial charge is 0.348 e. The number of nitrogens with one attached hydrogen (secondary N) is 1. The lowest BCUT2D eigenvalue weighted by Crippen LogP contribution is -2.21. The van der Waals surface area contributed by atoms with E-state index in [1.54, 1.807) is 31.2 Å². The van der Waals surface area contributed by atoms with E-state index in [9.17, 15) is 14.4 Å². The number of allylic oxidation sites excluding steroid dienone is 2. The van der Waals surface area contributed by atoms with Crippen LogP contribution in [-0.4, -0.2) is 24.3 Å². The zero-order valence-electron chi connectivity index (χ0n) is 16.5. The van der Waals surface area contributed by atoms with Gasteiger partial charge in [0.15, 0.2) is 5.78 Å². The first-order chi connectivity index (χ1) is 13.5. The summed E-state index contributed by atoms with van der Waals surface area (Å²) in [5, 5.41) is 2.88. The van der Waals surface area contributed by atoms with E-state index in [0.29, 0.717) is 30.0 Å². The molecule has 0 fully saturated rings. The largest absolute Gasteiger partial charge is 0.462 e. The molecule has 1 aromatic carbocycles. The van der Waals surface area contributed by atoms with E-state index in [1.807, 2.05) is 0 Å². The van der Waals surface area contributed by atoms with Gasteiger partial charge in [-0.3, -0.25) is 4.79 Å². The Morgan fingerprint density at radius 2 is 1.79 bits per heavy atom. The number of unbranched alkanes of at least 4 members (excludes halogenated alkanes) is 4. The van der Waals surface area contributed by atoms with Crippen LogP contribution in [0.3, 0.4) is 0 Å². The summed E-state index contributed by atoms with van der Waals surface area (Å²) in [6.07, 6.45) is 8.60. The molecule has 0 saturated heterocycles. The predicted molar refractivity (Wildman–Crippen MR) is 107 cm³/mol. The first-order valence-electron chi connectivity index (χ1n) is 9.76. The number of carbonyl (C=O) groups excluding carboxylic acids is 3. The van der Waals surface area contributed by atoms with Crippen LogP contribution in [0.2, 0.25) is 0 Å². The first kappa shape index (κ1) is 21.4. The molecule has 0 bridgehead atoms. The molecule has 6 heteroatoms. The molecule has 0 aromatic heterocycles. The standard InChI is InChI=1S/C22H27NO5/c1-3-5-6-7-8-13-27-21(25)16-9-11-17(12-10-16)23-15-19-20(24)14-18(4-2)28-22(19)26/h9-12,14-15,23H,3-8,13H2,1-2H3. The van der Waals surface area contributed by atoms with E-state index in [1.165, 1.54) is 25.1 Å². The second kappa shape index (κ2) is 11.1. The quantitative estimate of drug-likeness (QED) is 0.276. The van der Waals surface area contributed by atoms with Crippen molar-refractivity contribution in [1.29, 1.82) is 0 Å². The molecule has 0 spiro atoms. The van der Waals surface area contributed by atoms with Gasteiger partial charge in [-0.2, -0.15) is 0 Å². The van der Waals surface area contributed by atoms with Gasteiger partial charge in [-0.25, -0.2) is 9.59 Å². The lowest BCUT2D eigenvalue weighted by Gasteiger charge is -2.13. The van der Waals surface area contributed by atoms with Crippen molar-refractivity contribution in [2.75, 3.05) is 11.9 Å². The van der Waals surface area contributed by atoms with Gasteiger partial charge >= 0.3 is 11.9 Å². The molecule has 6 nitrogen and oxygen atoms in total. The molecule has 2 rings (SSSR count). The molecule has 0 amide bonds. The van der Waals surface area contributed by atoms with Gasteiger partial charge in [-0.05, 0) is 30.7 Å². The van der Waals surface area contributed by atoms with Gasteiger partial charge in [0.05, 0.1) is 12.2 Å². The van der Waals surface area contributed by atoms with Crippen molar-refractivity contribution in [3.63, 3.8) is 0 Å². The number of hydrogen-bond donors (Lipinski definition) is 1. The van der Waals surface area contributed by atoms with E-state index in [4.69, 9.17) is 9.47 Å². The Kier molecular flexibility index (Phi) is 8.46. The van der Waals surface area contributed by atoms with E-state index in [-0.39, 0.29) is 17.3 Å². The number of cyclic esters (lactones) is 1. The molecule has 150 valence electrons. The number of carbonyl (C=O) groups is 3. The summed E-state index contributed by atoms with van der Waals surface area (Å²) < 4.78 is 10.3.